The summed E-state index contributed by atoms with van der Waals surface area (Å²) in [5.74, 6) is -0.251. The molecule has 4 N–H and O–H groups in total. The first-order valence-corrected chi connectivity index (χ1v) is 7.83. The molecule has 0 fully saturated rings. The third-order valence-corrected chi connectivity index (χ3v) is 4.51. The van der Waals surface area contributed by atoms with Gasteiger partial charge in [0.05, 0.1) is 20.8 Å². The molecule has 1 heterocycles. The minimum atomic E-state index is -0.408. The number of carbonyl (C=O) groups is 1. The molecule has 21 heavy (non-hydrogen) atoms. The zero-order chi connectivity index (χ0) is 15.6. The molecule has 0 spiro atoms. The molecule has 5 nitrogen and oxygen atoms in total. The van der Waals surface area contributed by atoms with Gasteiger partial charge in [0.1, 0.15) is 10.7 Å². The predicted molar refractivity (Wildman–Crippen MR) is 90.1 cm³/mol. The number of aromatic nitrogens is 1. The quantitative estimate of drug-likeness (QED) is 0.703. The molecule has 0 radical (unpaired) electrons. The number of nitrogens with zero attached hydrogens (tertiary/aromatic N) is 1. The van der Waals surface area contributed by atoms with E-state index in [0.717, 1.165) is 11.3 Å². The Morgan fingerprint density at radius 3 is 2.62 bits per heavy atom. The molecular weight excluding hydrogens is 355 g/mol. The predicted octanol–water partition coefficient (Wildman–Crippen LogP) is 4.37. The number of hydrogen-bond donors (Lipinski definition) is 3. The maximum atomic E-state index is 12.2. The molecular formula is C12H11Cl3N4OS. The van der Waals surface area contributed by atoms with Crippen molar-refractivity contribution >= 4 is 68.7 Å². The number of benzene rings is 1. The highest BCUT2D eigenvalue weighted by molar-refractivity contribution is 7.18. The second-order valence-corrected chi connectivity index (χ2v) is 6.18. The minimum absolute atomic E-state index is 0.157. The summed E-state index contributed by atoms with van der Waals surface area (Å²) in [6.45, 7) is 2.61. The number of nitrogens with one attached hydrogen (secondary N) is 2. The van der Waals surface area contributed by atoms with Crippen LogP contribution in [-0.2, 0) is 0 Å². The topological polar surface area (TPSA) is 80.0 Å². The molecule has 2 aromatic rings. The normalized spacial score (nSPS) is 10.5. The van der Waals surface area contributed by atoms with Gasteiger partial charge in [0.15, 0.2) is 5.13 Å². The van der Waals surface area contributed by atoms with Gasteiger partial charge in [0.25, 0.3) is 5.91 Å². The first kappa shape index (κ1) is 16.2. The maximum absolute atomic E-state index is 12.2. The molecule has 0 aliphatic carbocycles. The standard InChI is InChI=1S/C12H11Cl3N4OS/c1-2-17-12-19-10(16)9(21-12)11(20)18-8-4-6(14)5(13)3-7(8)15/h3-4H,2,16H2,1H3,(H,17,19)(H,18,20). The average Bonchev–Trinajstić information content (AvgIpc) is 2.77. The maximum Gasteiger partial charge on any atom is 0.269 e. The molecule has 0 unspecified atom stereocenters. The van der Waals surface area contributed by atoms with E-state index >= 15 is 0 Å². The Morgan fingerprint density at radius 2 is 1.95 bits per heavy atom. The molecule has 112 valence electrons. The van der Waals surface area contributed by atoms with Gasteiger partial charge in [0, 0.05) is 6.54 Å². The first-order valence-electron chi connectivity index (χ1n) is 5.88. The first-order chi connectivity index (χ1) is 9.92. The van der Waals surface area contributed by atoms with E-state index in [0.29, 0.717) is 32.3 Å². The number of rotatable bonds is 4. The number of nitrogens with two attached hydrogens (primary N) is 1. The highest BCUT2D eigenvalue weighted by Crippen LogP contribution is 2.33. The van der Waals surface area contributed by atoms with Crippen LogP contribution >= 0.6 is 46.1 Å². The largest absolute Gasteiger partial charge is 0.382 e. The monoisotopic (exact) mass is 364 g/mol. The zero-order valence-corrected chi connectivity index (χ0v) is 13.9. The van der Waals surface area contributed by atoms with Crippen LogP contribution in [0.2, 0.25) is 15.1 Å². The van der Waals surface area contributed by atoms with Gasteiger partial charge in [-0.05, 0) is 19.1 Å². The third-order valence-electron chi connectivity index (χ3n) is 2.45. The van der Waals surface area contributed by atoms with Crippen molar-refractivity contribution in [3.05, 3.63) is 32.1 Å². The fourth-order valence-electron chi connectivity index (χ4n) is 1.52. The molecule has 1 aromatic heterocycles. The van der Waals surface area contributed by atoms with Crippen LogP contribution in [0.5, 0.6) is 0 Å². The number of halogens is 3. The van der Waals surface area contributed by atoms with Gasteiger partial charge < -0.3 is 16.4 Å². The molecule has 2 rings (SSSR count). The van der Waals surface area contributed by atoms with Crippen molar-refractivity contribution in [1.82, 2.24) is 4.98 Å². The Kier molecular flexibility index (Phi) is 5.16. The summed E-state index contributed by atoms with van der Waals surface area (Å²) in [4.78, 5) is 16.6. The third kappa shape index (κ3) is 3.71. The van der Waals surface area contributed by atoms with E-state index in [2.05, 4.69) is 15.6 Å². The lowest BCUT2D eigenvalue weighted by Crippen LogP contribution is -2.12. The number of thiazole rings is 1. The molecule has 0 bridgehead atoms. The zero-order valence-electron chi connectivity index (χ0n) is 10.8. The van der Waals surface area contributed by atoms with Crippen molar-refractivity contribution < 1.29 is 4.79 Å². The van der Waals surface area contributed by atoms with Gasteiger partial charge in [-0.15, -0.1) is 0 Å². The van der Waals surface area contributed by atoms with Crippen LogP contribution in [0.15, 0.2) is 12.1 Å². The van der Waals surface area contributed by atoms with Gasteiger partial charge in [-0.1, -0.05) is 46.1 Å². The van der Waals surface area contributed by atoms with Crippen LogP contribution in [0.1, 0.15) is 16.6 Å². The van der Waals surface area contributed by atoms with Crippen LogP contribution < -0.4 is 16.4 Å². The smallest absolute Gasteiger partial charge is 0.269 e. The number of hydrogen-bond acceptors (Lipinski definition) is 5. The Bertz CT molecular complexity index is 689. The summed E-state index contributed by atoms with van der Waals surface area (Å²) in [5, 5.41) is 7.11. The van der Waals surface area contributed by atoms with Gasteiger partial charge in [0.2, 0.25) is 0 Å². The number of amides is 1. The van der Waals surface area contributed by atoms with E-state index in [9.17, 15) is 4.79 Å². The summed E-state index contributed by atoms with van der Waals surface area (Å²) < 4.78 is 0. The summed E-state index contributed by atoms with van der Waals surface area (Å²) in [6.07, 6.45) is 0. The van der Waals surface area contributed by atoms with Crippen LogP contribution in [0, 0.1) is 0 Å². The van der Waals surface area contributed by atoms with Crippen molar-refractivity contribution in [2.24, 2.45) is 0 Å². The Labute approximate surface area is 140 Å². The lowest BCUT2D eigenvalue weighted by Gasteiger charge is -2.07. The number of nitrogen functional groups attached to an aromatic ring is 1. The van der Waals surface area contributed by atoms with Crippen LogP contribution in [0.4, 0.5) is 16.6 Å². The molecule has 1 amide bonds. The van der Waals surface area contributed by atoms with E-state index in [1.807, 2.05) is 6.92 Å². The second-order valence-electron chi connectivity index (χ2n) is 3.96. The molecule has 1 aromatic carbocycles. The minimum Gasteiger partial charge on any atom is -0.382 e. The molecule has 0 saturated heterocycles. The van der Waals surface area contributed by atoms with Gasteiger partial charge in [-0.2, -0.15) is 0 Å². The van der Waals surface area contributed by atoms with Crippen molar-refractivity contribution in [2.75, 3.05) is 22.9 Å². The van der Waals surface area contributed by atoms with E-state index in [-0.39, 0.29) is 10.8 Å². The van der Waals surface area contributed by atoms with Crippen molar-refractivity contribution in [3.8, 4) is 0 Å². The average molecular weight is 366 g/mol. The van der Waals surface area contributed by atoms with Gasteiger partial charge in [-0.3, -0.25) is 4.79 Å². The van der Waals surface area contributed by atoms with Crippen LogP contribution in [0.25, 0.3) is 0 Å². The van der Waals surface area contributed by atoms with E-state index < -0.39 is 5.91 Å². The fraction of sp³-hybridized carbons (Fsp3) is 0.167. The van der Waals surface area contributed by atoms with Crippen LogP contribution in [0.3, 0.4) is 0 Å². The molecule has 9 heteroatoms. The Balaban J connectivity index is 2.24. The summed E-state index contributed by atoms with van der Waals surface area (Å²) in [6, 6.07) is 2.94. The van der Waals surface area contributed by atoms with E-state index in [4.69, 9.17) is 40.5 Å². The molecule has 0 atom stereocenters. The fourth-order valence-corrected chi connectivity index (χ4v) is 2.96. The van der Waals surface area contributed by atoms with Gasteiger partial charge >= 0.3 is 0 Å². The lowest BCUT2D eigenvalue weighted by atomic mass is 10.3. The number of carbonyl (C=O) groups excluding carboxylic acids is 1. The molecule has 0 saturated carbocycles. The summed E-state index contributed by atoms with van der Waals surface area (Å²) in [5.41, 5.74) is 6.09. The van der Waals surface area contributed by atoms with E-state index in [1.54, 1.807) is 0 Å². The van der Waals surface area contributed by atoms with Gasteiger partial charge in [-0.25, -0.2) is 4.98 Å². The molecule has 0 aliphatic heterocycles. The summed E-state index contributed by atoms with van der Waals surface area (Å²) in [7, 11) is 0. The highest BCUT2D eigenvalue weighted by Gasteiger charge is 2.17. The Hall–Kier alpha value is -1.21. The van der Waals surface area contributed by atoms with Crippen molar-refractivity contribution in [1.29, 1.82) is 0 Å². The second kappa shape index (κ2) is 6.70. The van der Waals surface area contributed by atoms with E-state index in [1.165, 1.54) is 12.1 Å². The summed E-state index contributed by atoms with van der Waals surface area (Å²) >= 11 is 18.9. The SMILES string of the molecule is CCNc1nc(N)c(C(=O)Nc2cc(Cl)c(Cl)cc2Cl)s1. The Morgan fingerprint density at radius 1 is 1.29 bits per heavy atom. The van der Waals surface area contributed by atoms with Crippen molar-refractivity contribution in [3.63, 3.8) is 0 Å². The van der Waals surface area contributed by atoms with Crippen LogP contribution in [-0.4, -0.2) is 17.4 Å². The van der Waals surface area contributed by atoms with Crippen molar-refractivity contribution in [2.45, 2.75) is 6.92 Å². The lowest BCUT2D eigenvalue weighted by molar-refractivity contribution is 0.103. The highest BCUT2D eigenvalue weighted by atomic mass is 35.5. The molecule has 0 aliphatic rings. The number of anilines is 3.